The largest absolute Gasteiger partial charge is 0.352 e. The average Bonchev–Trinajstić information content (AvgIpc) is 3.01. The molecule has 0 bridgehead atoms. The Labute approximate surface area is 120 Å². The molecular weight excluding hydrogens is 332 g/mol. The van der Waals surface area contributed by atoms with Crippen LogP contribution in [0, 0.1) is 11.8 Å². The number of nitrogens with two attached hydrogens (primary N) is 1. The Balaban J connectivity index is 2.16. The summed E-state index contributed by atoms with van der Waals surface area (Å²) in [6, 6.07) is 4.15. The fourth-order valence-corrected chi connectivity index (χ4v) is 2.82. The standard InChI is InChI=1S/C12H15BrN2O3S/c1-7-4-8(7)6-15-12(16)10-5-9(19(14,17)18)2-3-11(10)13/h2-3,5,7-8H,4,6H2,1H3,(H,15,16)(H2,14,17,18)/t7-,8-/m1/s1. The van der Waals surface area contributed by atoms with E-state index in [-0.39, 0.29) is 16.4 Å². The maximum Gasteiger partial charge on any atom is 0.252 e. The third kappa shape index (κ3) is 3.55. The smallest absolute Gasteiger partial charge is 0.252 e. The van der Waals surface area contributed by atoms with Crippen LogP contribution in [0.15, 0.2) is 27.6 Å². The average molecular weight is 347 g/mol. The molecule has 19 heavy (non-hydrogen) atoms. The molecule has 0 saturated heterocycles. The van der Waals surface area contributed by atoms with Gasteiger partial charge in [0.1, 0.15) is 0 Å². The molecule has 1 saturated carbocycles. The van der Waals surface area contributed by atoms with Gasteiger partial charge in [-0.05, 0) is 52.4 Å². The molecule has 0 radical (unpaired) electrons. The number of primary sulfonamides is 1. The Kier molecular flexibility index (Phi) is 3.98. The van der Waals surface area contributed by atoms with E-state index in [9.17, 15) is 13.2 Å². The van der Waals surface area contributed by atoms with Gasteiger partial charge in [-0.2, -0.15) is 0 Å². The number of hydrogen-bond acceptors (Lipinski definition) is 3. The number of carbonyl (C=O) groups is 1. The number of amides is 1. The van der Waals surface area contributed by atoms with Gasteiger partial charge in [0, 0.05) is 11.0 Å². The lowest BCUT2D eigenvalue weighted by Gasteiger charge is -2.08. The van der Waals surface area contributed by atoms with Crippen molar-refractivity contribution >= 4 is 31.9 Å². The zero-order valence-corrected chi connectivity index (χ0v) is 12.8. The highest BCUT2D eigenvalue weighted by Gasteiger charge is 2.32. The van der Waals surface area contributed by atoms with Gasteiger partial charge in [0.2, 0.25) is 10.0 Å². The summed E-state index contributed by atoms with van der Waals surface area (Å²) in [5.41, 5.74) is 0.278. The molecule has 7 heteroatoms. The number of carbonyl (C=O) groups excluding carboxylic acids is 1. The lowest BCUT2D eigenvalue weighted by molar-refractivity contribution is 0.0950. The van der Waals surface area contributed by atoms with Crippen LogP contribution in [0.4, 0.5) is 0 Å². The molecule has 0 aromatic heterocycles. The van der Waals surface area contributed by atoms with E-state index in [2.05, 4.69) is 28.2 Å². The number of hydrogen-bond donors (Lipinski definition) is 2. The summed E-state index contributed by atoms with van der Waals surface area (Å²) >= 11 is 3.24. The molecule has 1 aromatic rings. The molecule has 1 aliphatic carbocycles. The predicted molar refractivity (Wildman–Crippen MR) is 75.1 cm³/mol. The second kappa shape index (κ2) is 5.22. The van der Waals surface area contributed by atoms with Gasteiger partial charge in [-0.15, -0.1) is 0 Å². The third-order valence-corrected chi connectivity index (χ3v) is 4.91. The molecule has 104 valence electrons. The minimum atomic E-state index is -3.80. The Morgan fingerprint density at radius 2 is 2.16 bits per heavy atom. The van der Waals surface area contributed by atoms with Gasteiger partial charge in [-0.25, -0.2) is 13.6 Å². The zero-order chi connectivity index (χ0) is 14.2. The second-order valence-corrected chi connectivity index (χ2v) is 7.29. The van der Waals surface area contributed by atoms with Crippen LogP contribution in [0.1, 0.15) is 23.7 Å². The Morgan fingerprint density at radius 3 is 2.68 bits per heavy atom. The topological polar surface area (TPSA) is 89.3 Å². The number of nitrogens with one attached hydrogen (secondary N) is 1. The number of sulfonamides is 1. The molecule has 0 aliphatic heterocycles. The molecule has 2 atom stereocenters. The molecule has 0 unspecified atom stereocenters. The van der Waals surface area contributed by atoms with Crippen molar-refractivity contribution in [2.24, 2.45) is 17.0 Å². The summed E-state index contributed by atoms with van der Waals surface area (Å²) in [5.74, 6) is 0.889. The van der Waals surface area contributed by atoms with Crippen molar-refractivity contribution < 1.29 is 13.2 Å². The van der Waals surface area contributed by atoms with Crippen LogP contribution in [0.2, 0.25) is 0 Å². The summed E-state index contributed by atoms with van der Waals surface area (Å²) < 4.78 is 23.1. The summed E-state index contributed by atoms with van der Waals surface area (Å²) in [5, 5.41) is 7.86. The van der Waals surface area contributed by atoms with Crippen molar-refractivity contribution in [3.63, 3.8) is 0 Å². The van der Waals surface area contributed by atoms with Crippen LogP contribution in [0.3, 0.4) is 0 Å². The summed E-state index contributed by atoms with van der Waals surface area (Å²) in [7, 11) is -3.80. The van der Waals surface area contributed by atoms with Crippen molar-refractivity contribution in [1.82, 2.24) is 5.32 Å². The first kappa shape index (κ1) is 14.5. The molecule has 1 aliphatic rings. The van der Waals surface area contributed by atoms with E-state index >= 15 is 0 Å². The molecule has 2 rings (SSSR count). The third-order valence-electron chi connectivity index (χ3n) is 3.31. The van der Waals surface area contributed by atoms with Gasteiger partial charge in [0.25, 0.3) is 5.91 Å². The SMILES string of the molecule is C[C@@H]1C[C@@H]1CNC(=O)c1cc(S(N)(=O)=O)ccc1Br. The van der Waals surface area contributed by atoms with Crippen LogP contribution >= 0.6 is 15.9 Å². The Hall–Kier alpha value is -0.920. The normalized spacial score (nSPS) is 22.1. The first-order valence-electron chi connectivity index (χ1n) is 5.89. The molecular formula is C12H15BrN2O3S. The molecule has 1 amide bonds. The Bertz CT molecular complexity index is 615. The quantitative estimate of drug-likeness (QED) is 0.865. The monoisotopic (exact) mass is 346 g/mol. The zero-order valence-electron chi connectivity index (χ0n) is 10.4. The minimum absolute atomic E-state index is 0.0689. The van der Waals surface area contributed by atoms with Crippen LogP contribution in [0.25, 0.3) is 0 Å². The van der Waals surface area contributed by atoms with Crippen molar-refractivity contribution in [2.75, 3.05) is 6.54 Å². The van der Waals surface area contributed by atoms with Crippen LogP contribution in [-0.2, 0) is 10.0 Å². The van der Waals surface area contributed by atoms with Crippen LogP contribution in [0.5, 0.6) is 0 Å². The van der Waals surface area contributed by atoms with E-state index in [0.717, 1.165) is 6.42 Å². The fourth-order valence-electron chi connectivity index (χ4n) is 1.86. The number of benzene rings is 1. The molecule has 0 heterocycles. The number of halogens is 1. The van der Waals surface area contributed by atoms with Gasteiger partial charge >= 0.3 is 0 Å². The van der Waals surface area contributed by atoms with E-state index in [1.165, 1.54) is 18.2 Å². The van der Waals surface area contributed by atoms with E-state index in [1.807, 2.05) is 0 Å². The van der Waals surface area contributed by atoms with Crippen molar-refractivity contribution in [1.29, 1.82) is 0 Å². The van der Waals surface area contributed by atoms with Gasteiger partial charge < -0.3 is 5.32 Å². The predicted octanol–water partition coefficient (Wildman–Crippen LogP) is 1.48. The van der Waals surface area contributed by atoms with Crippen molar-refractivity contribution in [2.45, 2.75) is 18.2 Å². The van der Waals surface area contributed by atoms with E-state index in [4.69, 9.17) is 5.14 Å². The van der Waals surface area contributed by atoms with E-state index < -0.39 is 10.0 Å². The van der Waals surface area contributed by atoms with Crippen LogP contribution < -0.4 is 10.5 Å². The minimum Gasteiger partial charge on any atom is -0.352 e. The molecule has 1 fully saturated rings. The lowest BCUT2D eigenvalue weighted by Crippen LogP contribution is -2.26. The van der Waals surface area contributed by atoms with Crippen molar-refractivity contribution in [3.8, 4) is 0 Å². The highest BCUT2D eigenvalue weighted by atomic mass is 79.9. The summed E-state index contributed by atoms with van der Waals surface area (Å²) in [6.45, 7) is 2.75. The highest BCUT2D eigenvalue weighted by Crippen LogP contribution is 2.36. The molecule has 1 aromatic carbocycles. The molecule has 0 spiro atoms. The van der Waals surface area contributed by atoms with Gasteiger partial charge in [0.15, 0.2) is 0 Å². The first-order chi connectivity index (χ1) is 8.79. The van der Waals surface area contributed by atoms with Gasteiger partial charge in [0.05, 0.1) is 10.5 Å². The maximum absolute atomic E-state index is 12.0. The highest BCUT2D eigenvalue weighted by molar-refractivity contribution is 9.10. The van der Waals surface area contributed by atoms with Gasteiger partial charge in [-0.1, -0.05) is 6.92 Å². The van der Waals surface area contributed by atoms with Crippen molar-refractivity contribution in [3.05, 3.63) is 28.2 Å². The Morgan fingerprint density at radius 1 is 1.53 bits per heavy atom. The molecule has 5 nitrogen and oxygen atoms in total. The maximum atomic E-state index is 12.0. The van der Waals surface area contributed by atoms with Gasteiger partial charge in [-0.3, -0.25) is 4.79 Å². The fraction of sp³-hybridized carbons (Fsp3) is 0.417. The number of rotatable bonds is 4. The van der Waals surface area contributed by atoms with Crippen LogP contribution in [-0.4, -0.2) is 20.9 Å². The summed E-state index contributed by atoms with van der Waals surface area (Å²) in [6.07, 6.45) is 1.12. The first-order valence-corrected chi connectivity index (χ1v) is 8.23. The lowest BCUT2D eigenvalue weighted by atomic mass is 10.2. The molecule has 3 N–H and O–H groups in total. The van der Waals surface area contributed by atoms with E-state index in [0.29, 0.717) is 22.9 Å². The summed E-state index contributed by atoms with van der Waals surface area (Å²) in [4.78, 5) is 11.9. The second-order valence-electron chi connectivity index (χ2n) is 4.87. The van der Waals surface area contributed by atoms with E-state index in [1.54, 1.807) is 0 Å².